The van der Waals surface area contributed by atoms with Gasteiger partial charge in [-0.2, -0.15) is 0 Å². The second kappa shape index (κ2) is 11.1. The zero-order valence-electron chi connectivity index (χ0n) is 20.5. The Morgan fingerprint density at radius 3 is 2.56 bits per heavy atom. The molecule has 0 aliphatic carbocycles. The van der Waals surface area contributed by atoms with Crippen molar-refractivity contribution < 1.29 is 4.79 Å². The van der Waals surface area contributed by atoms with Gasteiger partial charge in [0, 0.05) is 54.7 Å². The number of benzene rings is 2. The van der Waals surface area contributed by atoms with Crippen LogP contribution in [0.3, 0.4) is 0 Å². The van der Waals surface area contributed by atoms with Gasteiger partial charge in [0.25, 0.3) is 0 Å². The smallest absolute Gasteiger partial charge is 0.227 e. The lowest BCUT2D eigenvalue weighted by Gasteiger charge is -2.15. The minimum Gasteiger partial charge on any atom is -0.369 e. The lowest BCUT2D eigenvalue weighted by atomic mass is 10.0. The third-order valence-corrected chi connectivity index (χ3v) is 6.47. The fourth-order valence-electron chi connectivity index (χ4n) is 4.46. The molecule has 5 rings (SSSR count). The van der Waals surface area contributed by atoms with Crippen LogP contribution < -0.4 is 16.0 Å². The molecule has 1 aliphatic heterocycles. The van der Waals surface area contributed by atoms with E-state index in [1.54, 1.807) is 7.05 Å². The Morgan fingerprint density at radius 2 is 1.81 bits per heavy atom. The van der Waals surface area contributed by atoms with E-state index in [2.05, 4.69) is 43.0 Å². The Labute approximate surface area is 211 Å². The zero-order chi connectivity index (χ0) is 24.7. The Balaban J connectivity index is 1.29. The summed E-state index contributed by atoms with van der Waals surface area (Å²) < 4.78 is 0. The zero-order valence-corrected chi connectivity index (χ0v) is 20.5. The van der Waals surface area contributed by atoms with Crippen LogP contribution in [0.15, 0.2) is 67.0 Å². The standard InChI is InChI=1S/C28H31N7O/c1-29-26(36)17-20-7-10-23(11-8-20)33-28-32-19-22-5-4-6-24(27(22)34-28)21-9-12-25(31-18-21)30-13-16-35-14-2-3-15-35/h4-12,18-19H,2-3,13-17H2,1H3,(H,29,36)(H,30,31)(H,32,33,34). The van der Waals surface area contributed by atoms with E-state index in [4.69, 9.17) is 4.98 Å². The summed E-state index contributed by atoms with van der Waals surface area (Å²) in [4.78, 5) is 28.0. The summed E-state index contributed by atoms with van der Waals surface area (Å²) in [7, 11) is 1.64. The van der Waals surface area contributed by atoms with Gasteiger partial charge in [0.1, 0.15) is 5.82 Å². The van der Waals surface area contributed by atoms with Gasteiger partial charge in [-0.1, -0.05) is 30.3 Å². The molecule has 0 bridgehead atoms. The average Bonchev–Trinajstić information content (AvgIpc) is 3.43. The highest BCUT2D eigenvalue weighted by Gasteiger charge is 2.11. The number of likely N-dealkylation sites (tertiary alicyclic amines) is 1. The number of nitrogens with zero attached hydrogens (tertiary/aromatic N) is 4. The molecule has 2 aromatic heterocycles. The molecule has 1 amide bonds. The molecule has 1 saturated heterocycles. The van der Waals surface area contributed by atoms with E-state index in [1.165, 1.54) is 25.9 Å². The Morgan fingerprint density at radius 1 is 0.972 bits per heavy atom. The number of amides is 1. The van der Waals surface area contributed by atoms with Gasteiger partial charge < -0.3 is 20.9 Å². The number of hydrogen-bond donors (Lipinski definition) is 3. The highest BCUT2D eigenvalue weighted by atomic mass is 16.1. The molecule has 184 valence electrons. The van der Waals surface area contributed by atoms with E-state index in [9.17, 15) is 4.79 Å². The van der Waals surface area contributed by atoms with Gasteiger partial charge >= 0.3 is 0 Å². The predicted molar refractivity (Wildman–Crippen MR) is 144 cm³/mol. The molecular weight excluding hydrogens is 450 g/mol. The first-order chi connectivity index (χ1) is 17.7. The van der Waals surface area contributed by atoms with Gasteiger partial charge in [0.15, 0.2) is 0 Å². The van der Waals surface area contributed by atoms with Crippen LogP contribution in [-0.4, -0.2) is 59.0 Å². The fourth-order valence-corrected chi connectivity index (χ4v) is 4.46. The highest BCUT2D eigenvalue weighted by Crippen LogP contribution is 2.28. The topological polar surface area (TPSA) is 95.1 Å². The van der Waals surface area contributed by atoms with Crippen LogP contribution in [0.4, 0.5) is 17.5 Å². The van der Waals surface area contributed by atoms with Gasteiger partial charge in [-0.05, 0) is 55.8 Å². The third kappa shape index (κ3) is 5.78. The second-order valence-corrected chi connectivity index (χ2v) is 9.02. The minimum absolute atomic E-state index is 0.0125. The number of likely N-dealkylation sites (N-methyl/N-ethyl adjacent to an activating group) is 1. The SMILES string of the molecule is CNC(=O)Cc1ccc(Nc2ncc3cccc(-c4ccc(NCCN5CCCC5)nc4)c3n2)cc1. The number of nitrogens with one attached hydrogen (secondary N) is 3. The first kappa shape index (κ1) is 23.7. The lowest BCUT2D eigenvalue weighted by Crippen LogP contribution is -2.26. The van der Waals surface area contributed by atoms with Crippen molar-refractivity contribution in [3.8, 4) is 11.1 Å². The number of anilines is 3. The van der Waals surface area contributed by atoms with Gasteiger partial charge in [-0.25, -0.2) is 15.0 Å². The number of pyridine rings is 1. The number of carbonyl (C=O) groups excluding carboxylic acids is 1. The first-order valence-corrected chi connectivity index (χ1v) is 12.4. The molecule has 8 heteroatoms. The molecule has 2 aromatic carbocycles. The van der Waals surface area contributed by atoms with Gasteiger partial charge in [-0.3, -0.25) is 4.79 Å². The maximum Gasteiger partial charge on any atom is 0.227 e. The molecular formula is C28H31N7O. The Hall–Kier alpha value is -4.04. The van der Waals surface area contributed by atoms with Crippen LogP contribution in [0.5, 0.6) is 0 Å². The van der Waals surface area contributed by atoms with Crippen molar-refractivity contribution in [3.63, 3.8) is 0 Å². The van der Waals surface area contributed by atoms with Crippen LogP contribution >= 0.6 is 0 Å². The highest BCUT2D eigenvalue weighted by molar-refractivity contribution is 5.93. The Bertz CT molecular complexity index is 1320. The summed E-state index contributed by atoms with van der Waals surface area (Å²) >= 11 is 0. The number of aromatic nitrogens is 3. The first-order valence-electron chi connectivity index (χ1n) is 12.4. The van der Waals surface area contributed by atoms with Crippen LogP contribution in [0.2, 0.25) is 0 Å². The van der Waals surface area contributed by atoms with Gasteiger partial charge in [0.05, 0.1) is 11.9 Å². The molecule has 1 fully saturated rings. The summed E-state index contributed by atoms with van der Waals surface area (Å²) in [5.41, 5.74) is 4.69. The normalized spacial score (nSPS) is 13.6. The summed E-state index contributed by atoms with van der Waals surface area (Å²) in [6.07, 6.45) is 6.70. The quantitative estimate of drug-likeness (QED) is 0.329. The van der Waals surface area contributed by atoms with Gasteiger partial charge in [-0.15, -0.1) is 0 Å². The van der Waals surface area contributed by atoms with Crippen molar-refractivity contribution in [2.45, 2.75) is 19.3 Å². The molecule has 0 spiro atoms. The van der Waals surface area contributed by atoms with Crippen LogP contribution in [-0.2, 0) is 11.2 Å². The van der Waals surface area contributed by atoms with Crippen molar-refractivity contribution in [1.82, 2.24) is 25.2 Å². The van der Waals surface area contributed by atoms with Crippen LogP contribution in [0.25, 0.3) is 22.0 Å². The number of fused-ring (bicyclic) bond motifs is 1. The minimum atomic E-state index is -0.0125. The van der Waals surface area contributed by atoms with E-state index in [-0.39, 0.29) is 5.91 Å². The summed E-state index contributed by atoms with van der Waals surface area (Å²) in [6, 6.07) is 17.9. The molecule has 0 unspecified atom stereocenters. The number of hydrogen-bond acceptors (Lipinski definition) is 7. The largest absolute Gasteiger partial charge is 0.369 e. The van der Waals surface area contributed by atoms with Crippen molar-refractivity contribution in [1.29, 1.82) is 0 Å². The summed E-state index contributed by atoms with van der Waals surface area (Å²) in [5, 5.41) is 10.3. The average molecular weight is 482 g/mol. The van der Waals surface area contributed by atoms with E-state index >= 15 is 0 Å². The monoisotopic (exact) mass is 481 g/mol. The molecule has 3 N–H and O–H groups in total. The molecule has 0 saturated carbocycles. The van der Waals surface area contributed by atoms with Crippen molar-refractivity contribution >= 4 is 34.3 Å². The molecule has 1 aliphatic rings. The van der Waals surface area contributed by atoms with Crippen LogP contribution in [0, 0.1) is 0 Å². The lowest BCUT2D eigenvalue weighted by molar-refractivity contribution is -0.119. The predicted octanol–water partition coefficient (Wildman–Crippen LogP) is 4.23. The summed E-state index contributed by atoms with van der Waals surface area (Å²) in [5.74, 6) is 1.39. The molecule has 0 atom stereocenters. The number of para-hydroxylation sites is 1. The van der Waals surface area contributed by atoms with Crippen molar-refractivity contribution in [2.24, 2.45) is 0 Å². The number of carbonyl (C=O) groups is 1. The molecule has 36 heavy (non-hydrogen) atoms. The van der Waals surface area contributed by atoms with E-state index in [0.29, 0.717) is 12.4 Å². The molecule has 3 heterocycles. The number of rotatable bonds is 9. The summed E-state index contributed by atoms with van der Waals surface area (Å²) in [6.45, 7) is 4.36. The molecule has 8 nitrogen and oxygen atoms in total. The van der Waals surface area contributed by atoms with E-state index in [0.717, 1.165) is 52.2 Å². The van der Waals surface area contributed by atoms with Crippen molar-refractivity contribution in [3.05, 3.63) is 72.6 Å². The molecule has 0 radical (unpaired) electrons. The van der Waals surface area contributed by atoms with Crippen molar-refractivity contribution in [2.75, 3.05) is 43.9 Å². The van der Waals surface area contributed by atoms with E-state index in [1.807, 2.05) is 54.9 Å². The Kier molecular flexibility index (Phi) is 7.33. The molecule has 4 aromatic rings. The maximum atomic E-state index is 11.6. The maximum absolute atomic E-state index is 11.6. The van der Waals surface area contributed by atoms with E-state index < -0.39 is 0 Å². The fraction of sp³-hybridized carbons (Fsp3) is 0.286. The third-order valence-electron chi connectivity index (χ3n) is 6.47. The second-order valence-electron chi connectivity index (χ2n) is 9.02. The van der Waals surface area contributed by atoms with Crippen LogP contribution in [0.1, 0.15) is 18.4 Å². The van der Waals surface area contributed by atoms with Gasteiger partial charge in [0.2, 0.25) is 11.9 Å².